The van der Waals surface area contributed by atoms with Gasteiger partial charge in [0.05, 0.1) is 4.92 Å². The summed E-state index contributed by atoms with van der Waals surface area (Å²) in [5.74, 6) is 1.12. The predicted molar refractivity (Wildman–Crippen MR) is 99.8 cm³/mol. The highest BCUT2D eigenvalue weighted by Crippen LogP contribution is 2.21. The van der Waals surface area contributed by atoms with Crippen molar-refractivity contribution in [3.8, 4) is 5.75 Å². The Balaban J connectivity index is 1.62. The van der Waals surface area contributed by atoms with E-state index < -0.39 is 4.92 Å². The zero-order valence-corrected chi connectivity index (χ0v) is 14.9. The number of rotatable bonds is 6. The van der Waals surface area contributed by atoms with Gasteiger partial charge in [0, 0.05) is 42.3 Å². The number of hydrogen-bond acceptors (Lipinski definition) is 5. The molecule has 3 rings (SSSR count). The normalized spacial score (nSPS) is 10.4. The second-order valence-electron chi connectivity index (χ2n) is 5.98. The van der Waals surface area contributed by atoms with E-state index in [-0.39, 0.29) is 11.6 Å². The predicted octanol–water partition coefficient (Wildman–Crippen LogP) is 3.47. The fourth-order valence-electron chi connectivity index (χ4n) is 2.52. The first-order valence-corrected chi connectivity index (χ1v) is 8.19. The minimum Gasteiger partial charge on any atom is -0.486 e. The van der Waals surface area contributed by atoms with E-state index in [9.17, 15) is 14.9 Å². The number of benzene rings is 2. The van der Waals surface area contributed by atoms with Gasteiger partial charge in [0.25, 0.3) is 11.6 Å². The lowest BCUT2D eigenvalue weighted by Crippen LogP contribution is -2.12. The summed E-state index contributed by atoms with van der Waals surface area (Å²) in [7, 11) is 1.89. The van der Waals surface area contributed by atoms with Crippen molar-refractivity contribution >= 4 is 17.3 Å². The molecular formula is C19H18N4O4. The zero-order valence-electron chi connectivity index (χ0n) is 14.9. The Kier molecular flexibility index (Phi) is 5.16. The van der Waals surface area contributed by atoms with Crippen LogP contribution in [0.15, 0.2) is 54.9 Å². The molecule has 0 aliphatic heterocycles. The van der Waals surface area contributed by atoms with Gasteiger partial charge in [-0.2, -0.15) is 0 Å². The number of hydrogen-bond donors (Lipinski definition) is 1. The van der Waals surface area contributed by atoms with Gasteiger partial charge in [0.15, 0.2) is 0 Å². The molecule has 3 aromatic rings. The fraction of sp³-hybridized carbons (Fsp3) is 0.158. The molecular weight excluding hydrogens is 348 g/mol. The minimum atomic E-state index is -0.472. The van der Waals surface area contributed by atoms with Gasteiger partial charge < -0.3 is 14.6 Å². The molecule has 0 atom stereocenters. The van der Waals surface area contributed by atoms with Crippen molar-refractivity contribution in [1.82, 2.24) is 9.55 Å². The first kappa shape index (κ1) is 18.1. The van der Waals surface area contributed by atoms with Crippen LogP contribution >= 0.6 is 0 Å². The molecule has 1 heterocycles. The summed E-state index contributed by atoms with van der Waals surface area (Å²) >= 11 is 0. The third-order valence-electron chi connectivity index (χ3n) is 4.06. The first-order chi connectivity index (χ1) is 12.9. The Bertz CT molecular complexity index is 980. The molecule has 0 saturated carbocycles. The van der Waals surface area contributed by atoms with Crippen LogP contribution in [-0.4, -0.2) is 20.4 Å². The molecule has 0 unspecified atom stereocenters. The standard InChI is InChI=1S/C19H18N4O4/c1-13-11-14(3-8-17(13)23(25)26)19(24)21-15-4-6-16(7-5-15)27-12-18-20-9-10-22(18)2/h3-11H,12H2,1-2H3,(H,21,24). The summed E-state index contributed by atoms with van der Waals surface area (Å²) in [4.78, 5) is 26.9. The Morgan fingerprint density at radius 3 is 2.59 bits per heavy atom. The maximum atomic E-state index is 12.3. The molecule has 0 saturated heterocycles. The van der Waals surface area contributed by atoms with Gasteiger partial charge in [-0.05, 0) is 43.3 Å². The van der Waals surface area contributed by atoms with Crippen molar-refractivity contribution in [2.24, 2.45) is 7.05 Å². The van der Waals surface area contributed by atoms with Gasteiger partial charge in [-0.15, -0.1) is 0 Å². The average molecular weight is 366 g/mol. The third kappa shape index (κ3) is 4.30. The summed E-state index contributed by atoms with van der Waals surface area (Å²) in [6.45, 7) is 1.94. The fourth-order valence-corrected chi connectivity index (χ4v) is 2.52. The second-order valence-corrected chi connectivity index (χ2v) is 5.98. The number of nitro benzene ring substituents is 1. The van der Waals surface area contributed by atoms with Crippen LogP contribution in [0.25, 0.3) is 0 Å². The summed E-state index contributed by atoms with van der Waals surface area (Å²) in [5, 5.41) is 13.6. The molecule has 2 aromatic carbocycles. The lowest BCUT2D eigenvalue weighted by atomic mass is 10.1. The number of nitro groups is 1. The van der Waals surface area contributed by atoms with Crippen molar-refractivity contribution in [3.05, 3.63) is 81.9 Å². The van der Waals surface area contributed by atoms with E-state index >= 15 is 0 Å². The van der Waals surface area contributed by atoms with E-state index in [4.69, 9.17) is 4.74 Å². The lowest BCUT2D eigenvalue weighted by Gasteiger charge is -2.09. The summed E-state index contributed by atoms with van der Waals surface area (Å²) in [6.07, 6.45) is 3.55. The van der Waals surface area contributed by atoms with Gasteiger partial charge in [-0.3, -0.25) is 14.9 Å². The molecule has 0 fully saturated rings. The monoisotopic (exact) mass is 366 g/mol. The van der Waals surface area contributed by atoms with Crippen LogP contribution in [0, 0.1) is 17.0 Å². The van der Waals surface area contributed by atoms with Crippen LogP contribution in [0.4, 0.5) is 11.4 Å². The van der Waals surface area contributed by atoms with Crippen molar-refractivity contribution < 1.29 is 14.5 Å². The van der Waals surface area contributed by atoms with E-state index in [1.165, 1.54) is 18.2 Å². The average Bonchev–Trinajstić information content (AvgIpc) is 3.05. The number of carbonyl (C=O) groups excluding carboxylic acids is 1. The van der Waals surface area contributed by atoms with E-state index in [0.29, 0.717) is 29.2 Å². The maximum Gasteiger partial charge on any atom is 0.272 e. The number of aromatic nitrogens is 2. The Morgan fingerprint density at radius 2 is 2.00 bits per heavy atom. The molecule has 1 aromatic heterocycles. The van der Waals surface area contributed by atoms with E-state index in [1.54, 1.807) is 37.4 Å². The van der Waals surface area contributed by atoms with Gasteiger partial charge in [-0.1, -0.05) is 0 Å². The quantitative estimate of drug-likeness (QED) is 0.532. The number of carbonyl (C=O) groups is 1. The SMILES string of the molecule is Cc1cc(C(=O)Nc2ccc(OCc3nccn3C)cc2)ccc1[N+](=O)[O-]. The summed E-state index contributed by atoms with van der Waals surface area (Å²) in [6, 6.07) is 11.2. The third-order valence-corrected chi connectivity index (χ3v) is 4.06. The highest BCUT2D eigenvalue weighted by Gasteiger charge is 2.14. The summed E-state index contributed by atoms with van der Waals surface area (Å²) < 4.78 is 7.54. The highest BCUT2D eigenvalue weighted by molar-refractivity contribution is 6.04. The van der Waals surface area contributed by atoms with Crippen LogP contribution < -0.4 is 10.1 Å². The Morgan fingerprint density at radius 1 is 1.26 bits per heavy atom. The number of nitrogens with zero attached hydrogens (tertiary/aromatic N) is 3. The maximum absolute atomic E-state index is 12.3. The molecule has 8 heteroatoms. The van der Waals surface area contributed by atoms with Gasteiger partial charge >= 0.3 is 0 Å². The number of aryl methyl sites for hydroxylation is 2. The largest absolute Gasteiger partial charge is 0.486 e. The van der Waals surface area contributed by atoms with Crippen LogP contribution in [-0.2, 0) is 13.7 Å². The van der Waals surface area contributed by atoms with Crippen molar-refractivity contribution in [2.75, 3.05) is 5.32 Å². The van der Waals surface area contributed by atoms with Crippen LogP contribution in [0.2, 0.25) is 0 Å². The van der Waals surface area contributed by atoms with Crippen LogP contribution in [0.1, 0.15) is 21.7 Å². The van der Waals surface area contributed by atoms with Crippen LogP contribution in [0.3, 0.4) is 0 Å². The smallest absolute Gasteiger partial charge is 0.272 e. The molecule has 27 heavy (non-hydrogen) atoms. The van der Waals surface area contributed by atoms with E-state index in [2.05, 4.69) is 10.3 Å². The van der Waals surface area contributed by atoms with E-state index in [1.807, 2.05) is 17.8 Å². The van der Waals surface area contributed by atoms with Crippen molar-refractivity contribution in [3.63, 3.8) is 0 Å². The molecule has 1 N–H and O–H groups in total. The van der Waals surface area contributed by atoms with Crippen molar-refractivity contribution in [2.45, 2.75) is 13.5 Å². The van der Waals surface area contributed by atoms with Crippen molar-refractivity contribution in [1.29, 1.82) is 0 Å². The number of ether oxygens (including phenoxy) is 1. The number of amides is 1. The molecule has 1 amide bonds. The van der Waals surface area contributed by atoms with Gasteiger partial charge in [-0.25, -0.2) is 4.98 Å². The molecule has 8 nitrogen and oxygen atoms in total. The van der Waals surface area contributed by atoms with E-state index in [0.717, 1.165) is 5.82 Å². The zero-order chi connectivity index (χ0) is 19.4. The van der Waals surface area contributed by atoms with Gasteiger partial charge in [0.1, 0.15) is 18.2 Å². The Labute approximate surface area is 155 Å². The lowest BCUT2D eigenvalue weighted by molar-refractivity contribution is -0.385. The highest BCUT2D eigenvalue weighted by atomic mass is 16.6. The molecule has 0 aliphatic carbocycles. The van der Waals surface area contributed by atoms with Crippen LogP contribution in [0.5, 0.6) is 5.75 Å². The first-order valence-electron chi connectivity index (χ1n) is 8.19. The molecule has 0 bridgehead atoms. The minimum absolute atomic E-state index is 0.0132. The molecule has 0 aliphatic rings. The topological polar surface area (TPSA) is 99.3 Å². The molecule has 138 valence electrons. The Hall–Kier alpha value is -3.68. The summed E-state index contributed by atoms with van der Waals surface area (Å²) in [5.41, 5.74) is 1.38. The number of anilines is 1. The molecule has 0 radical (unpaired) electrons. The van der Waals surface area contributed by atoms with Gasteiger partial charge in [0.2, 0.25) is 0 Å². The number of nitrogens with one attached hydrogen (secondary N) is 1. The second kappa shape index (κ2) is 7.69. The number of imidazole rings is 1. The molecule has 0 spiro atoms.